The maximum absolute atomic E-state index is 13.1. The highest BCUT2D eigenvalue weighted by Crippen LogP contribution is 2.29. The molecular weight excluding hydrogens is 363 g/mol. The van der Waals surface area contributed by atoms with Crippen LogP contribution in [0.5, 0.6) is 0 Å². The summed E-state index contributed by atoms with van der Waals surface area (Å²) in [5, 5.41) is 5.49. The van der Waals surface area contributed by atoms with Crippen molar-refractivity contribution in [2.75, 3.05) is 18.0 Å². The predicted molar refractivity (Wildman–Crippen MR) is 89.0 cm³/mol. The lowest BCUT2D eigenvalue weighted by atomic mass is 10.1. The molecule has 1 aromatic carbocycles. The molecule has 2 N–H and O–H groups in total. The molecule has 9 heteroatoms. The first-order chi connectivity index (χ1) is 10.9. The van der Waals surface area contributed by atoms with E-state index in [4.69, 9.17) is 11.6 Å². The Labute approximate surface area is 149 Å². The second kappa shape index (κ2) is 7.21. The van der Waals surface area contributed by atoms with Gasteiger partial charge in [0.1, 0.15) is 6.04 Å². The van der Waals surface area contributed by atoms with Crippen LogP contribution in [0.25, 0.3) is 0 Å². The van der Waals surface area contributed by atoms with E-state index >= 15 is 0 Å². The van der Waals surface area contributed by atoms with E-state index in [2.05, 4.69) is 10.6 Å². The Hall–Kier alpha value is -1.44. The summed E-state index contributed by atoms with van der Waals surface area (Å²) in [6.45, 7) is -0.1000. The van der Waals surface area contributed by atoms with Gasteiger partial charge >= 0.3 is 0 Å². The molecule has 132 valence electrons. The van der Waals surface area contributed by atoms with E-state index in [1.165, 1.54) is 4.90 Å². The SMILES string of the molecule is Cl.O=C(NC1CCN(c2ccccc2Cl)C1=O)C1CC(F)(F)CN1. The number of alkyl halides is 2. The van der Waals surface area contributed by atoms with Crippen LogP contribution in [0.2, 0.25) is 5.02 Å². The van der Waals surface area contributed by atoms with Gasteiger partial charge in [-0.2, -0.15) is 0 Å². The van der Waals surface area contributed by atoms with Crippen molar-refractivity contribution in [1.82, 2.24) is 10.6 Å². The molecule has 0 bridgehead atoms. The number of nitrogens with zero attached hydrogens (tertiary/aromatic N) is 1. The minimum Gasteiger partial charge on any atom is -0.343 e. The maximum Gasteiger partial charge on any atom is 0.262 e. The first kappa shape index (κ1) is 18.9. The highest BCUT2D eigenvalue weighted by molar-refractivity contribution is 6.34. The molecule has 0 aromatic heterocycles. The number of para-hydroxylation sites is 1. The second-order valence-corrected chi connectivity index (χ2v) is 6.19. The van der Waals surface area contributed by atoms with Crippen molar-refractivity contribution >= 4 is 41.5 Å². The first-order valence-electron chi connectivity index (χ1n) is 7.35. The fraction of sp³-hybridized carbons (Fsp3) is 0.467. The Morgan fingerprint density at radius 2 is 2.08 bits per heavy atom. The van der Waals surface area contributed by atoms with Crippen LogP contribution in [0.15, 0.2) is 24.3 Å². The fourth-order valence-electron chi connectivity index (χ4n) is 2.90. The monoisotopic (exact) mass is 379 g/mol. The topological polar surface area (TPSA) is 61.4 Å². The van der Waals surface area contributed by atoms with Crippen molar-refractivity contribution in [2.24, 2.45) is 0 Å². The molecule has 2 saturated heterocycles. The zero-order valence-corrected chi connectivity index (χ0v) is 14.2. The van der Waals surface area contributed by atoms with Crippen molar-refractivity contribution in [1.29, 1.82) is 0 Å². The van der Waals surface area contributed by atoms with Crippen LogP contribution >= 0.6 is 24.0 Å². The van der Waals surface area contributed by atoms with Gasteiger partial charge in [0.05, 0.1) is 23.3 Å². The smallest absolute Gasteiger partial charge is 0.262 e. The molecule has 2 unspecified atom stereocenters. The highest BCUT2D eigenvalue weighted by Gasteiger charge is 2.44. The van der Waals surface area contributed by atoms with Crippen molar-refractivity contribution in [3.05, 3.63) is 29.3 Å². The van der Waals surface area contributed by atoms with Crippen molar-refractivity contribution in [3.8, 4) is 0 Å². The molecule has 3 rings (SSSR count). The zero-order chi connectivity index (χ0) is 16.6. The first-order valence-corrected chi connectivity index (χ1v) is 7.73. The number of carbonyl (C=O) groups is 2. The summed E-state index contributed by atoms with van der Waals surface area (Å²) in [7, 11) is 0. The van der Waals surface area contributed by atoms with Gasteiger partial charge in [-0.3, -0.25) is 14.9 Å². The summed E-state index contributed by atoms with van der Waals surface area (Å²) in [6, 6.07) is 5.26. The molecule has 0 aliphatic carbocycles. The molecular formula is C15H17Cl2F2N3O2. The van der Waals surface area contributed by atoms with Crippen LogP contribution in [-0.4, -0.2) is 42.9 Å². The fourth-order valence-corrected chi connectivity index (χ4v) is 3.13. The molecule has 2 atom stereocenters. The van der Waals surface area contributed by atoms with Gasteiger partial charge in [-0.15, -0.1) is 12.4 Å². The van der Waals surface area contributed by atoms with Crippen LogP contribution in [0.3, 0.4) is 0 Å². The molecule has 1 aromatic rings. The van der Waals surface area contributed by atoms with Crippen LogP contribution in [0.1, 0.15) is 12.8 Å². The normalized spacial score (nSPS) is 25.5. The van der Waals surface area contributed by atoms with Gasteiger partial charge in [-0.25, -0.2) is 8.78 Å². The maximum atomic E-state index is 13.1. The number of amides is 2. The number of hydrogen-bond acceptors (Lipinski definition) is 3. The van der Waals surface area contributed by atoms with Crippen LogP contribution < -0.4 is 15.5 Å². The molecule has 2 aliphatic heterocycles. The van der Waals surface area contributed by atoms with Gasteiger partial charge in [0.15, 0.2) is 0 Å². The molecule has 0 spiro atoms. The number of nitrogens with one attached hydrogen (secondary N) is 2. The summed E-state index contributed by atoms with van der Waals surface area (Å²) >= 11 is 6.08. The quantitative estimate of drug-likeness (QED) is 0.843. The van der Waals surface area contributed by atoms with E-state index in [1.807, 2.05) is 0 Å². The van der Waals surface area contributed by atoms with Gasteiger partial charge in [0.2, 0.25) is 11.8 Å². The van der Waals surface area contributed by atoms with E-state index in [9.17, 15) is 18.4 Å². The molecule has 0 saturated carbocycles. The van der Waals surface area contributed by atoms with Crippen LogP contribution in [0.4, 0.5) is 14.5 Å². The van der Waals surface area contributed by atoms with Crippen LogP contribution in [-0.2, 0) is 9.59 Å². The van der Waals surface area contributed by atoms with Crippen molar-refractivity contribution in [2.45, 2.75) is 30.8 Å². The molecule has 24 heavy (non-hydrogen) atoms. The molecule has 2 aliphatic rings. The Morgan fingerprint density at radius 3 is 2.71 bits per heavy atom. The lowest BCUT2D eigenvalue weighted by molar-refractivity contribution is -0.127. The lowest BCUT2D eigenvalue weighted by Gasteiger charge is -2.19. The van der Waals surface area contributed by atoms with Gasteiger partial charge in [0, 0.05) is 13.0 Å². The van der Waals surface area contributed by atoms with Gasteiger partial charge in [-0.1, -0.05) is 23.7 Å². The van der Waals surface area contributed by atoms with E-state index in [1.54, 1.807) is 24.3 Å². The summed E-state index contributed by atoms with van der Waals surface area (Å²) in [6.07, 6.45) is -0.132. The lowest BCUT2D eigenvalue weighted by Crippen LogP contribution is -2.48. The third-order valence-electron chi connectivity index (χ3n) is 4.09. The number of rotatable bonds is 3. The largest absolute Gasteiger partial charge is 0.343 e. The number of hydrogen-bond donors (Lipinski definition) is 2. The summed E-state index contributed by atoms with van der Waals surface area (Å²) in [5.74, 6) is -3.73. The molecule has 2 fully saturated rings. The minimum absolute atomic E-state index is 0. The van der Waals surface area contributed by atoms with Gasteiger partial charge in [0.25, 0.3) is 5.92 Å². The third-order valence-corrected chi connectivity index (χ3v) is 4.41. The van der Waals surface area contributed by atoms with E-state index < -0.39 is 36.9 Å². The Morgan fingerprint density at radius 1 is 1.38 bits per heavy atom. The summed E-state index contributed by atoms with van der Waals surface area (Å²) < 4.78 is 26.3. The Kier molecular flexibility index (Phi) is 5.67. The molecule has 0 radical (unpaired) electrons. The van der Waals surface area contributed by atoms with Crippen molar-refractivity contribution < 1.29 is 18.4 Å². The highest BCUT2D eigenvalue weighted by atomic mass is 35.5. The predicted octanol–water partition coefficient (Wildman–Crippen LogP) is 1.98. The van der Waals surface area contributed by atoms with Crippen LogP contribution in [0, 0.1) is 0 Å². The molecule has 2 heterocycles. The Balaban J connectivity index is 0.00000208. The second-order valence-electron chi connectivity index (χ2n) is 5.78. The third kappa shape index (κ3) is 3.79. The Bertz CT molecular complexity index is 645. The average molecular weight is 380 g/mol. The summed E-state index contributed by atoms with van der Waals surface area (Å²) in [4.78, 5) is 26.0. The van der Waals surface area contributed by atoms with E-state index in [-0.39, 0.29) is 18.3 Å². The summed E-state index contributed by atoms with van der Waals surface area (Å²) in [5.41, 5.74) is 0.585. The van der Waals surface area contributed by atoms with E-state index in [0.29, 0.717) is 23.7 Å². The number of anilines is 1. The number of halogens is 4. The molecule has 2 amide bonds. The van der Waals surface area contributed by atoms with Gasteiger partial charge < -0.3 is 10.2 Å². The van der Waals surface area contributed by atoms with Gasteiger partial charge in [-0.05, 0) is 18.6 Å². The molecule has 5 nitrogen and oxygen atoms in total. The average Bonchev–Trinajstić information content (AvgIpc) is 3.03. The van der Waals surface area contributed by atoms with Crippen molar-refractivity contribution in [3.63, 3.8) is 0 Å². The minimum atomic E-state index is -2.88. The zero-order valence-electron chi connectivity index (χ0n) is 12.6. The van der Waals surface area contributed by atoms with E-state index in [0.717, 1.165) is 0 Å². The number of carbonyl (C=O) groups excluding carboxylic acids is 2. The number of benzene rings is 1. The standard InChI is InChI=1S/C15H16ClF2N3O2.ClH/c16-9-3-1-2-4-12(9)21-6-5-10(14(21)23)20-13(22)11-7-15(17,18)8-19-11;/h1-4,10-11,19H,5-8H2,(H,20,22);1H.